The second kappa shape index (κ2) is 22.6. The maximum atomic E-state index is 12.5. The zero-order valence-electron chi connectivity index (χ0n) is 32.9. The number of carbonyl (C=O) groups excluding carboxylic acids is 2. The number of rotatable bonds is 26. The summed E-state index contributed by atoms with van der Waals surface area (Å²) in [7, 11) is -11.2. The second-order valence-electron chi connectivity index (χ2n) is 13.8. The van der Waals surface area contributed by atoms with Gasteiger partial charge in [0.1, 0.15) is 17.6 Å². The number of hydrogen-bond acceptors (Lipinski definition) is 13. The van der Waals surface area contributed by atoms with Crippen LogP contribution in [0.1, 0.15) is 40.7 Å². The van der Waals surface area contributed by atoms with E-state index in [0.717, 1.165) is 0 Å². The highest BCUT2D eigenvalue weighted by Gasteiger charge is 2.59. The van der Waals surface area contributed by atoms with Crippen LogP contribution in [0.15, 0.2) is 76.2 Å². The van der Waals surface area contributed by atoms with Gasteiger partial charge in [0.25, 0.3) is 11.0 Å². The molecule has 8 N–H and O–H groups in total. The molecule has 1 unspecified atom stereocenters. The first kappa shape index (κ1) is 48.5. The van der Waals surface area contributed by atoms with Gasteiger partial charge in [-0.05, 0) is 42.7 Å². The number of aryl methyl sites for hydroxylation is 1. The van der Waals surface area contributed by atoms with Crippen LogP contribution in [0.2, 0.25) is 0 Å². The number of phenols is 1. The number of ether oxygens (including phenoxy) is 4. The summed E-state index contributed by atoms with van der Waals surface area (Å²) >= 11 is 0. The number of nitrogens with zero attached hydrogens (tertiary/aromatic N) is 1. The van der Waals surface area contributed by atoms with E-state index in [2.05, 4.69) is 5.32 Å². The number of benzene rings is 2. The summed E-state index contributed by atoms with van der Waals surface area (Å²) in [5, 5.41) is 30.2. The number of ketones is 1. The predicted molar refractivity (Wildman–Crippen MR) is 214 cm³/mol. The minimum Gasteiger partial charge on any atom is -0.504 e. The van der Waals surface area contributed by atoms with Crippen molar-refractivity contribution in [2.24, 2.45) is 0 Å². The molecule has 1 atom stereocenters. The van der Waals surface area contributed by atoms with Crippen LogP contribution in [0.25, 0.3) is 22.3 Å². The number of Topliss-reactive ketones (excluding diaryl/α,β-unsaturated/α-hetero) is 1. The van der Waals surface area contributed by atoms with E-state index in [9.17, 15) is 58.4 Å². The zero-order chi connectivity index (χ0) is 43.9. The number of nitrogens with one attached hydrogen (secondary N) is 1. The molecule has 2 heterocycles. The van der Waals surface area contributed by atoms with E-state index in [4.69, 9.17) is 23.4 Å². The van der Waals surface area contributed by atoms with Crippen molar-refractivity contribution in [2.45, 2.75) is 50.3 Å². The molecule has 1 amide bonds. The second-order valence-corrected chi connectivity index (χ2v) is 17.8. The van der Waals surface area contributed by atoms with Crippen molar-refractivity contribution in [3.05, 3.63) is 93.9 Å². The summed E-state index contributed by atoms with van der Waals surface area (Å²) in [4.78, 5) is 74.5. The fraction of sp³-hybridized carbons (Fsp3) is 0.436. The molecule has 0 aliphatic carbocycles. The number of fused-ring (bicyclic) bond motifs is 1. The smallest absolute Gasteiger partial charge is 0.369 e. The van der Waals surface area contributed by atoms with E-state index < -0.39 is 32.8 Å². The topological polar surface area (TPSA) is 293 Å². The summed E-state index contributed by atoms with van der Waals surface area (Å²) in [5.74, 6) is -0.228. The minimum absolute atomic E-state index is 0.0441. The van der Waals surface area contributed by atoms with Crippen LogP contribution in [0.4, 0.5) is 0 Å². The Balaban J connectivity index is 0.966. The van der Waals surface area contributed by atoms with Crippen molar-refractivity contribution in [1.82, 2.24) is 5.32 Å². The van der Waals surface area contributed by atoms with Crippen molar-refractivity contribution >= 4 is 37.9 Å². The van der Waals surface area contributed by atoms with E-state index in [1.807, 2.05) is 0 Å². The number of pyridine rings is 1. The highest BCUT2D eigenvalue weighted by Crippen LogP contribution is 2.68. The first-order chi connectivity index (χ1) is 28.4. The molecule has 19 nitrogen and oxygen atoms in total. The molecule has 0 spiro atoms. The van der Waals surface area contributed by atoms with Gasteiger partial charge in [0, 0.05) is 55.1 Å². The van der Waals surface area contributed by atoms with Crippen molar-refractivity contribution < 1.29 is 81.5 Å². The maximum Gasteiger partial charge on any atom is 0.369 e. The molecule has 2 aromatic carbocycles. The Morgan fingerprint density at radius 1 is 0.817 bits per heavy atom. The van der Waals surface area contributed by atoms with Crippen molar-refractivity contribution in [3.8, 4) is 17.1 Å². The van der Waals surface area contributed by atoms with Gasteiger partial charge in [-0.15, -0.1) is 0 Å². The van der Waals surface area contributed by atoms with Crippen LogP contribution in [-0.2, 0) is 45.8 Å². The Hall–Kier alpha value is -4.20. The predicted octanol–water partition coefficient (Wildman–Crippen LogP) is 1.90. The molecule has 0 radical (unpaired) electrons. The number of hydrogen-bond donors (Lipinski definition) is 8. The summed E-state index contributed by atoms with van der Waals surface area (Å²) in [6, 6.07) is 13.7. The summed E-state index contributed by atoms with van der Waals surface area (Å²) in [6.45, 7) is 4.40. The standard InChI is InChI=1S/C39H50N2O17P2/c1-27-2-9-33-34(44)24-35(58-37(33)36(27)45)29-3-5-30(6-4-29)38(46)40-13-17-55-19-21-57-23-22-56-20-18-54-16-12-31(42)7-8-32(43)26-41-14-10-28(11-15-41)25-39(47,59(48,49)50)60(51,52)53/h2-6,9-11,14-15,24,32,43,47H,7-8,12-13,16-23,25-26H2,1H3,(H5-,40,45,46,48,49,50,51,52,53)/p+1. The average molecular weight is 882 g/mol. The lowest BCUT2D eigenvalue weighted by Gasteiger charge is -2.29. The molecule has 4 rings (SSSR count). The van der Waals surface area contributed by atoms with Gasteiger partial charge >= 0.3 is 15.2 Å². The Morgan fingerprint density at radius 3 is 1.97 bits per heavy atom. The number of aliphatic hydroxyl groups is 2. The van der Waals surface area contributed by atoms with Gasteiger partial charge in [0.05, 0.1) is 58.2 Å². The highest BCUT2D eigenvalue weighted by atomic mass is 31.2. The van der Waals surface area contributed by atoms with Gasteiger partial charge in [-0.3, -0.25) is 23.5 Å². The van der Waals surface area contributed by atoms with Gasteiger partial charge in [-0.1, -0.05) is 18.2 Å². The lowest BCUT2D eigenvalue weighted by atomic mass is 10.1. The van der Waals surface area contributed by atoms with E-state index in [1.165, 1.54) is 35.2 Å². The lowest BCUT2D eigenvalue weighted by Crippen LogP contribution is -2.39. The Labute approximate surface area is 344 Å². The van der Waals surface area contributed by atoms with Gasteiger partial charge in [0.2, 0.25) is 0 Å². The van der Waals surface area contributed by atoms with Gasteiger partial charge in [-0.2, -0.15) is 0 Å². The summed E-state index contributed by atoms with van der Waals surface area (Å²) in [6.07, 6.45) is 1.32. The molecular formula is C39H51N2O17P2+. The minimum atomic E-state index is -5.60. The van der Waals surface area contributed by atoms with Gasteiger partial charge in [-0.25, -0.2) is 4.57 Å². The third-order valence-corrected chi connectivity index (χ3v) is 12.9. The Morgan fingerprint density at radius 2 is 1.38 bits per heavy atom. The molecule has 0 aliphatic heterocycles. The average Bonchev–Trinajstić information content (AvgIpc) is 3.19. The fourth-order valence-electron chi connectivity index (χ4n) is 5.68. The quantitative estimate of drug-likeness (QED) is 0.0254. The SMILES string of the molecule is Cc1ccc2c(=O)cc(-c3ccc(C(=O)NCCOCCOCCOCCOCCC(=O)CCC(O)C[n+]4ccc(CC(O)(P(=O)(O)O)P(=O)(O)O)cc4)cc3)oc2c1O. The van der Waals surface area contributed by atoms with Crippen molar-refractivity contribution in [3.63, 3.8) is 0 Å². The summed E-state index contributed by atoms with van der Waals surface area (Å²) in [5.41, 5.74) is 1.44. The molecule has 328 valence electrons. The van der Waals surface area contributed by atoms with E-state index in [1.54, 1.807) is 43.3 Å². The molecule has 0 saturated carbocycles. The molecule has 0 saturated heterocycles. The van der Waals surface area contributed by atoms with Crippen molar-refractivity contribution in [1.29, 1.82) is 0 Å². The molecule has 2 aromatic heterocycles. The van der Waals surface area contributed by atoms with Crippen LogP contribution in [0.5, 0.6) is 5.75 Å². The number of phenolic OH excluding ortho intramolecular Hbond substituents is 1. The van der Waals surface area contributed by atoms with Crippen LogP contribution in [0.3, 0.4) is 0 Å². The molecule has 0 aliphatic rings. The van der Waals surface area contributed by atoms with Crippen LogP contribution >= 0.6 is 15.2 Å². The van der Waals surface area contributed by atoms with Gasteiger partial charge < -0.3 is 63.6 Å². The van der Waals surface area contributed by atoms with Gasteiger partial charge in [0.15, 0.2) is 35.7 Å². The highest BCUT2D eigenvalue weighted by molar-refractivity contribution is 7.72. The molecular weight excluding hydrogens is 830 g/mol. The van der Waals surface area contributed by atoms with Crippen LogP contribution in [0, 0.1) is 6.92 Å². The fourth-order valence-corrected chi connectivity index (χ4v) is 7.82. The first-order valence-corrected chi connectivity index (χ1v) is 22.1. The van der Waals surface area contributed by atoms with E-state index >= 15 is 0 Å². The number of aromatic nitrogens is 1. The Bertz CT molecular complexity index is 2160. The maximum absolute atomic E-state index is 12.5. The van der Waals surface area contributed by atoms with Crippen LogP contribution in [-0.4, -0.2) is 117 Å². The number of carbonyl (C=O) groups is 2. The molecule has 21 heteroatoms. The largest absolute Gasteiger partial charge is 0.504 e. The lowest BCUT2D eigenvalue weighted by molar-refractivity contribution is -0.703. The molecule has 4 aromatic rings. The number of aromatic hydroxyl groups is 1. The number of aliphatic hydroxyl groups excluding tert-OH is 1. The molecule has 0 fully saturated rings. The molecule has 0 bridgehead atoms. The van der Waals surface area contributed by atoms with Crippen LogP contribution < -0.4 is 15.3 Å². The van der Waals surface area contributed by atoms with Crippen molar-refractivity contribution in [2.75, 3.05) is 59.4 Å². The third kappa shape index (κ3) is 14.2. The molecule has 60 heavy (non-hydrogen) atoms. The third-order valence-electron chi connectivity index (χ3n) is 9.19. The monoisotopic (exact) mass is 881 g/mol. The van der Waals surface area contributed by atoms with E-state index in [-0.39, 0.29) is 97.3 Å². The summed E-state index contributed by atoms with van der Waals surface area (Å²) < 4.78 is 52.3. The Kier molecular flexibility index (Phi) is 18.2. The number of amides is 1. The zero-order valence-corrected chi connectivity index (χ0v) is 34.7. The first-order valence-electron chi connectivity index (χ1n) is 18.9. The van der Waals surface area contributed by atoms with E-state index in [0.29, 0.717) is 49.7 Å². The normalized spacial score (nSPS) is 12.8.